The zero-order valence-electron chi connectivity index (χ0n) is 8.42. The molecule has 0 N–H and O–H groups in total. The SMILES string of the molecule is CS(=O)(=O)C1=C(S(C)(=O)=O)C(=O)C=CC1=O. The molecule has 8 heteroatoms. The Morgan fingerprint density at radius 1 is 0.750 bits per heavy atom. The zero-order valence-corrected chi connectivity index (χ0v) is 10.1. The molecule has 0 saturated heterocycles. The summed E-state index contributed by atoms with van der Waals surface area (Å²) in [6.07, 6.45) is 2.84. The number of ketones is 2. The number of hydrogen-bond acceptors (Lipinski definition) is 6. The molecule has 0 unspecified atom stereocenters. The lowest BCUT2D eigenvalue weighted by molar-refractivity contribution is -0.114. The Morgan fingerprint density at radius 3 is 1.19 bits per heavy atom. The first-order chi connectivity index (χ1) is 7.05. The van der Waals surface area contributed by atoms with Crippen LogP contribution < -0.4 is 0 Å². The highest BCUT2D eigenvalue weighted by Crippen LogP contribution is 2.22. The highest BCUT2D eigenvalue weighted by atomic mass is 32.2. The molecule has 1 rings (SSSR count). The third kappa shape index (κ3) is 2.27. The Kier molecular flexibility index (Phi) is 2.90. The van der Waals surface area contributed by atoms with Crippen molar-refractivity contribution in [2.24, 2.45) is 0 Å². The van der Waals surface area contributed by atoms with E-state index in [0.717, 1.165) is 12.2 Å². The van der Waals surface area contributed by atoms with Crippen LogP contribution in [0.4, 0.5) is 0 Å². The van der Waals surface area contributed by atoms with Gasteiger partial charge < -0.3 is 0 Å². The van der Waals surface area contributed by atoms with Gasteiger partial charge in [0.05, 0.1) is 0 Å². The second kappa shape index (κ2) is 3.63. The Hall–Kier alpha value is -1.28. The summed E-state index contributed by atoms with van der Waals surface area (Å²) in [7, 11) is -8.12. The second-order valence-electron chi connectivity index (χ2n) is 3.26. The van der Waals surface area contributed by atoms with E-state index in [2.05, 4.69) is 0 Å². The van der Waals surface area contributed by atoms with Gasteiger partial charge in [-0.25, -0.2) is 16.8 Å². The maximum Gasteiger partial charge on any atom is 0.198 e. The normalized spacial score (nSPS) is 18.1. The maximum absolute atomic E-state index is 11.3. The van der Waals surface area contributed by atoms with Crippen molar-refractivity contribution >= 4 is 31.2 Å². The predicted octanol–water partition coefficient (Wildman–Crippen LogP) is -1.00. The molecule has 16 heavy (non-hydrogen) atoms. The molecule has 0 aliphatic heterocycles. The summed E-state index contributed by atoms with van der Waals surface area (Å²) in [6, 6.07) is 0. The average molecular weight is 264 g/mol. The van der Waals surface area contributed by atoms with E-state index in [0.29, 0.717) is 12.5 Å². The molecular weight excluding hydrogens is 256 g/mol. The smallest absolute Gasteiger partial charge is 0.198 e. The van der Waals surface area contributed by atoms with Crippen molar-refractivity contribution in [3.8, 4) is 0 Å². The van der Waals surface area contributed by atoms with Crippen LogP contribution >= 0.6 is 0 Å². The van der Waals surface area contributed by atoms with E-state index in [4.69, 9.17) is 0 Å². The van der Waals surface area contributed by atoms with Gasteiger partial charge in [-0.3, -0.25) is 9.59 Å². The Balaban J connectivity index is 3.79. The maximum atomic E-state index is 11.3. The van der Waals surface area contributed by atoms with Crippen molar-refractivity contribution in [2.45, 2.75) is 0 Å². The standard InChI is InChI=1S/C8H8O6S2/c1-15(11,12)7-5(9)3-4-6(10)8(7)16(2,13)14/h3-4H,1-2H3. The number of allylic oxidation sites excluding steroid dienone is 4. The summed E-state index contributed by atoms with van der Waals surface area (Å²) in [6.45, 7) is 0. The van der Waals surface area contributed by atoms with Crippen LogP contribution in [0.2, 0.25) is 0 Å². The molecule has 1 aliphatic carbocycles. The van der Waals surface area contributed by atoms with Crippen molar-refractivity contribution in [2.75, 3.05) is 12.5 Å². The summed E-state index contributed by atoms with van der Waals surface area (Å²) < 4.78 is 45.1. The summed E-state index contributed by atoms with van der Waals surface area (Å²) in [5.41, 5.74) is 0. The third-order valence-corrected chi connectivity index (χ3v) is 4.20. The summed E-state index contributed by atoms with van der Waals surface area (Å²) in [4.78, 5) is 20.7. The fourth-order valence-corrected chi connectivity index (χ4v) is 3.88. The Morgan fingerprint density at radius 2 is 1.00 bits per heavy atom. The largest absolute Gasteiger partial charge is 0.288 e. The lowest BCUT2D eigenvalue weighted by Gasteiger charge is -2.11. The molecule has 0 amide bonds. The molecule has 1 aliphatic rings. The van der Waals surface area contributed by atoms with Crippen LogP contribution in [0.15, 0.2) is 22.0 Å². The van der Waals surface area contributed by atoms with Crippen LogP contribution in [-0.2, 0) is 29.3 Å². The van der Waals surface area contributed by atoms with E-state index in [1.165, 1.54) is 0 Å². The van der Waals surface area contributed by atoms with Crippen LogP contribution in [0.5, 0.6) is 0 Å². The van der Waals surface area contributed by atoms with Crippen LogP contribution in [0.1, 0.15) is 0 Å². The molecule has 0 aromatic carbocycles. The first-order valence-corrected chi connectivity index (χ1v) is 7.74. The molecule has 6 nitrogen and oxygen atoms in total. The van der Waals surface area contributed by atoms with Gasteiger partial charge in [-0.2, -0.15) is 0 Å². The molecule has 0 heterocycles. The first-order valence-electron chi connectivity index (χ1n) is 3.96. The number of carbonyl (C=O) groups is 2. The average Bonchev–Trinajstić information content (AvgIpc) is 2.04. The van der Waals surface area contributed by atoms with Crippen LogP contribution in [0.3, 0.4) is 0 Å². The van der Waals surface area contributed by atoms with Gasteiger partial charge in [0.25, 0.3) is 0 Å². The first kappa shape index (κ1) is 12.8. The minimum Gasteiger partial charge on any atom is -0.288 e. The summed E-state index contributed by atoms with van der Waals surface area (Å²) in [5, 5.41) is 0. The van der Waals surface area contributed by atoms with Gasteiger partial charge in [0, 0.05) is 12.5 Å². The van der Waals surface area contributed by atoms with Gasteiger partial charge in [0.2, 0.25) is 0 Å². The topological polar surface area (TPSA) is 102 Å². The second-order valence-corrected chi connectivity index (χ2v) is 7.17. The molecule has 0 spiro atoms. The van der Waals surface area contributed by atoms with Crippen LogP contribution in [0, 0.1) is 0 Å². The van der Waals surface area contributed by atoms with E-state index in [1.54, 1.807) is 0 Å². The molecule has 0 aromatic heterocycles. The Bertz CT molecular complexity index is 574. The molecule has 0 bridgehead atoms. The summed E-state index contributed by atoms with van der Waals surface area (Å²) in [5.74, 6) is -2.00. The fourth-order valence-electron chi connectivity index (χ4n) is 1.23. The third-order valence-electron chi connectivity index (χ3n) is 1.78. The van der Waals surface area contributed by atoms with Crippen molar-refractivity contribution in [1.29, 1.82) is 0 Å². The number of rotatable bonds is 2. The van der Waals surface area contributed by atoms with Crippen molar-refractivity contribution in [3.05, 3.63) is 22.0 Å². The van der Waals surface area contributed by atoms with Gasteiger partial charge in [0.1, 0.15) is 9.81 Å². The molecule has 0 saturated carbocycles. The number of hydrogen-bond donors (Lipinski definition) is 0. The molecular formula is C8H8O6S2. The molecule has 0 fully saturated rings. The number of sulfone groups is 2. The highest BCUT2D eigenvalue weighted by Gasteiger charge is 2.35. The van der Waals surface area contributed by atoms with E-state index in [-0.39, 0.29) is 0 Å². The molecule has 88 valence electrons. The van der Waals surface area contributed by atoms with Crippen molar-refractivity contribution in [3.63, 3.8) is 0 Å². The molecule has 0 radical (unpaired) electrons. The summed E-state index contributed by atoms with van der Waals surface area (Å²) >= 11 is 0. The van der Waals surface area contributed by atoms with E-state index >= 15 is 0 Å². The zero-order chi connectivity index (χ0) is 12.7. The van der Waals surface area contributed by atoms with Crippen LogP contribution in [0.25, 0.3) is 0 Å². The minimum atomic E-state index is -4.06. The Labute approximate surface area is 92.5 Å². The highest BCUT2D eigenvalue weighted by molar-refractivity contribution is 7.99. The van der Waals surface area contributed by atoms with E-state index in [1.807, 2.05) is 0 Å². The van der Waals surface area contributed by atoms with Crippen molar-refractivity contribution in [1.82, 2.24) is 0 Å². The molecule has 0 atom stereocenters. The van der Waals surface area contributed by atoms with Gasteiger partial charge in [-0.1, -0.05) is 0 Å². The quantitative estimate of drug-likeness (QED) is 0.592. The van der Waals surface area contributed by atoms with E-state index in [9.17, 15) is 26.4 Å². The van der Waals surface area contributed by atoms with Crippen LogP contribution in [-0.4, -0.2) is 40.9 Å². The van der Waals surface area contributed by atoms with Crippen molar-refractivity contribution < 1.29 is 26.4 Å². The van der Waals surface area contributed by atoms with Gasteiger partial charge >= 0.3 is 0 Å². The monoisotopic (exact) mass is 264 g/mol. The lowest BCUT2D eigenvalue weighted by atomic mass is 10.2. The molecule has 0 aromatic rings. The predicted molar refractivity (Wildman–Crippen MR) is 55.9 cm³/mol. The van der Waals surface area contributed by atoms with Gasteiger partial charge in [-0.05, 0) is 12.2 Å². The number of carbonyl (C=O) groups excluding carboxylic acids is 2. The minimum absolute atomic E-state index is 0.678. The van der Waals surface area contributed by atoms with Gasteiger partial charge in [-0.15, -0.1) is 0 Å². The lowest BCUT2D eigenvalue weighted by Crippen LogP contribution is -2.24. The fraction of sp³-hybridized carbons (Fsp3) is 0.250. The van der Waals surface area contributed by atoms with Gasteiger partial charge in [0.15, 0.2) is 31.2 Å². The van der Waals surface area contributed by atoms with E-state index < -0.39 is 41.1 Å².